The van der Waals surface area contributed by atoms with Crippen LogP contribution in [-0.4, -0.2) is 11.7 Å². The number of ether oxygens (including phenoxy) is 1. The lowest BCUT2D eigenvalue weighted by atomic mass is 10.1. The highest BCUT2D eigenvalue weighted by molar-refractivity contribution is 8.00. The van der Waals surface area contributed by atoms with E-state index >= 15 is 0 Å². The molecular formula is C22H23NO3S. The molecule has 0 saturated carbocycles. The lowest BCUT2D eigenvalue weighted by Crippen LogP contribution is -2.24. The lowest BCUT2D eigenvalue weighted by molar-refractivity contribution is -0.118. The number of aryl methyl sites for hydroxylation is 1. The van der Waals surface area contributed by atoms with E-state index in [4.69, 9.17) is 9.15 Å². The molecule has 1 heterocycles. The summed E-state index contributed by atoms with van der Waals surface area (Å²) >= 11 is 1.56. The third-order valence-electron chi connectivity index (χ3n) is 4.03. The first kappa shape index (κ1) is 19.3. The van der Waals surface area contributed by atoms with Crippen molar-refractivity contribution in [2.75, 3.05) is 5.75 Å². The van der Waals surface area contributed by atoms with E-state index in [1.807, 2.05) is 48.5 Å². The second-order valence-electron chi connectivity index (χ2n) is 6.22. The summed E-state index contributed by atoms with van der Waals surface area (Å²) in [6, 6.07) is 19.9. The van der Waals surface area contributed by atoms with E-state index in [0.717, 1.165) is 21.8 Å². The van der Waals surface area contributed by atoms with E-state index in [1.165, 1.54) is 5.56 Å². The number of nitrogens with one attached hydrogen (secondary N) is 1. The Bertz CT molecular complexity index is 862. The molecule has 0 aliphatic heterocycles. The van der Waals surface area contributed by atoms with Crippen molar-refractivity contribution in [3.63, 3.8) is 0 Å². The van der Waals surface area contributed by atoms with Crippen LogP contribution in [0.4, 0.5) is 0 Å². The summed E-state index contributed by atoms with van der Waals surface area (Å²) in [5, 5.41) is 2.98. The van der Waals surface area contributed by atoms with Crippen LogP contribution in [-0.2, 0) is 29.3 Å². The molecule has 1 amide bonds. The first-order valence-electron chi connectivity index (χ1n) is 8.84. The minimum absolute atomic E-state index is 0.0303. The fourth-order valence-electron chi connectivity index (χ4n) is 2.61. The Morgan fingerprint density at radius 3 is 2.70 bits per heavy atom. The number of furan rings is 1. The van der Waals surface area contributed by atoms with Crippen LogP contribution in [0.2, 0.25) is 0 Å². The van der Waals surface area contributed by atoms with Crippen LogP contribution in [0.3, 0.4) is 0 Å². The zero-order valence-electron chi connectivity index (χ0n) is 15.3. The maximum absolute atomic E-state index is 12.1. The Labute approximate surface area is 163 Å². The van der Waals surface area contributed by atoms with Gasteiger partial charge in [-0.25, -0.2) is 0 Å². The second-order valence-corrected chi connectivity index (χ2v) is 7.24. The molecule has 0 aliphatic rings. The molecule has 2 aromatic carbocycles. The molecule has 4 nitrogen and oxygen atoms in total. The monoisotopic (exact) mass is 381 g/mol. The largest absolute Gasteiger partial charge is 0.467 e. The van der Waals surface area contributed by atoms with E-state index in [1.54, 1.807) is 18.0 Å². The minimum Gasteiger partial charge on any atom is -0.467 e. The van der Waals surface area contributed by atoms with Crippen LogP contribution in [0.5, 0.6) is 0 Å². The molecule has 5 heteroatoms. The maximum Gasteiger partial charge on any atom is 0.230 e. The summed E-state index contributed by atoms with van der Waals surface area (Å²) in [4.78, 5) is 13.3. The Morgan fingerprint density at radius 2 is 1.89 bits per heavy atom. The summed E-state index contributed by atoms with van der Waals surface area (Å²) in [6.45, 7) is 3.52. The predicted octanol–water partition coefficient (Wildman–Crippen LogP) is 4.71. The van der Waals surface area contributed by atoms with Crippen LogP contribution in [0, 0.1) is 6.92 Å². The summed E-state index contributed by atoms with van der Waals surface area (Å²) in [6.07, 6.45) is 1.64. The highest BCUT2D eigenvalue weighted by Crippen LogP contribution is 2.21. The van der Waals surface area contributed by atoms with Gasteiger partial charge >= 0.3 is 0 Å². The van der Waals surface area contributed by atoms with Crippen molar-refractivity contribution in [2.24, 2.45) is 0 Å². The summed E-state index contributed by atoms with van der Waals surface area (Å²) in [5.74, 6) is 1.25. The molecule has 0 saturated heterocycles. The van der Waals surface area contributed by atoms with E-state index in [2.05, 4.69) is 24.4 Å². The molecule has 27 heavy (non-hydrogen) atoms. The Balaban J connectivity index is 1.42. The number of hydrogen-bond donors (Lipinski definition) is 1. The lowest BCUT2D eigenvalue weighted by Gasteiger charge is -2.09. The predicted molar refractivity (Wildman–Crippen MR) is 107 cm³/mol. The highest BCUT2D eigenvalue weighted by Gasteiger charge is 2.05. The van der Waals surface area contributed by atoms with Gasteiger partial charge in [-0.15, -0.1) is 11.8 Å². The topological polar surface area (TPSA) is 51.5 Å². The van der Waals surface area contributed by atoms with Crippen LogP contribution in [0.1, 0.15) is 22.5 Å². The van der Waals surface area contributed by atoms with Crippen molar-refractivity contribution < 1.29 is 13.9 Å². The van der Waals surface area contributed by atoms with Crippen molar-refractivity contribution >= 4 is 17.7 Å². The quantitative estimate of drug-likeness (QED) is 0.545. The Morgan fingerprint density at radius 1 is 1.04 bits per heavy atom. The standard InChI is InChI=1S/C22H23NO3S/c1-17-6-2-3-10-21(17)27-16-22(24)23-13-18-7-4-8-19(12-18)14-25-15-20-9-5-11-26-20/h2-12H,13-16H2,1H3,(H,23,24). The first-order valence-corrected chi connectivity index (χ1v) is 9.82. The van der Waals surface area contributed by atoms with Crippen LogP contribution >= 0.6 is 11.8 Å². The molecule has 0 fully saturated rings. The Hall–Kier alpha value is -2.50. The highest BCUT2D eigenvalue weighted by atomic mass is 32.2. The van der Waals surface area contributed by atoms with Gasteiger partial charge in [-0.3, -0.25) is 4.79 Å². The smallest absolute Gasteiger partial charge is 0.230 e. The Kier molecular flexibility index (Phi) is 7.13. The molecule has 1 aromatic heterocycles. The molecule has 0 bridgehead atoms. The van der Waals surface area contributed by atoms with E-state index in [-0.39, 0.29) is 5.91 Å². The normalized spacial score (nSPS) is 10.7. The van der Waals surface area contributed by atoms with Crippen molar-refractivity contribution in [1.29, 1.82) is 0 Å². The number of carbonyl (C=O) groups excluding carboxylic acids is 1. The third-order valence-corrected chi connectivity index (χ3v) is 5.20. The zero-order chi connectivity index (χ0) is 18.9. The van der Waals surface area contributed by atoms with E-state index in [9.17, 15) is 4.79 Å². The summed E-state index contributed by atoms with van der Waals surface area (Å²) < 4.78 is 10.9. The molecule has 3 rings (SSSR count). The van der Waals surface area contributed by atoms with Gasteiger partial charge in [0.15, 0.2) is 0 Å². The zero-order valence-corrected chi connectivity index (χ0v) is 16.1. The SMILES string of the molecule is Cc1ccccc1SCC(=O)NCc1cccc(COCc2ccco2)c1. The number of benzene rings is 2. The summed E-state index contributed by atoms with van der Waals surface area (Å²) in [7, 11) is 0. The van der Waals surface area contributed by atoms with Crippen LogP contribution < -0.4 is 5.32 Å². The maximum atomic E-state index is 12.1. The molecule has 3 aromatic rings. The van der Waals surface area contributed by atoms with Gasteiger partial charge in [0.25, 0.3) is 0 Å². The van der Waals surface area contributed by atoms with Crippen molar-refractivity contribution in [1.82, 2.24) is 5.32 Å². The van der Waals surface area contributed by atoms with Gasteiger partial charge in [-0.05, 0) is 41.8 Å². The van der Waals surface area contributed by atoms with E-state index in [0.29, 0.717) is 25.5 Å². The van der Waals surface area contributed by atoms with Gasteiger partial charge in [0.2, 0.25) is 5.91 Å². The number of carbonyl (C=O) groups is 1. The fraction of sp³-hybridized carbons (Fsp3) is 0.227. The number of thioether (sulfide) groups is 1. The van der Waals surface area contributed by atoms with Crippen molar-refractivity contribution in [3.05, 3.63) is 89.4 Å². The van der Waals surface area contributed by atoms with Crippen LogP contribution in [0.25, 0.3) is 0 Å². The summed E-state index contributed by atoms with van der Waals surface area (Å²) in [5.41, 5.74) is 3.32. The molecule has 0 spiro atoms. The first-order chi connectivity index (χ1) is 13.2. The van der Waals surface area contributed by atoms with Gasteiger partial charge in [0, 0.05) is 11.4 Å². The average molecular weight is 381 g/mol. The fourth-order valence-corrected chi connectivity index (χ4v) is 3.47. The molecule has 0 atom stereocenters. The van der Waals surface area contributed by atoms with Crippen LogP contribution in [0.15, 0.2) is 76.2 Å². The van der Waals surface area contributed by atoms with Gasteiger partial charge in [0.05, 0.1) is 18.6 Å². The third kappa shape index (κ3) is 6.31. The van der Waals surface area contributed by atoms with E-state index < -0.39 is 0 Å². The molecule has 0 aliphatic carbocycles. The molecule has 1 N–H and O–H groups in total. The van der Waals surface area contributed by atoms with Gasteiger partial charge in [-0.1, -0.05) is 42.5 Å². The number of rotatable bonds is 9. The second kappa shape index (κ2) is 10.00. The number of amides is 1. The molecule has 0 unspecified atom stereocenters. The van der Waals surface area contributed by atoms with Crippen molar-refractivity contribution in [2.45, 2.75) is 31.6 Å². The average Bonchev–Trinajstić information content (AvgIpc) is 3.20. The number of hydrogen-bond acceptors (Lipinski definition) is 4. The van der Waals surface area contributed by atoms with Gasteiger partial charge in [0.1, 0.15) is 12.4 Å². The van der Waals surface area contributed by atoms with Gasteiger partial charge < -0.3 is 14.5 Å². The minimum atomic E-state index is 0.0303. The molecule has 140 valence electrons. The van der Waals surface area contributed by atoms with Crippen molar-refractivity contribution in [3.8, 4) is 0 Å². The molecular weight excluding hydrogens is 358 g/mol. The molecule has 0 radical (unpaired) electrons. The van der Waals surface area contributed by atoms with Gasteiger partial charge in [-0.2, -0.15) is 0 Å².